The van der Waals surface area contributed by atoms with Crippen LogP contribution in [0.4, 0.5) is 0 Å². The fourth-order valence-electron chi connectivity index (χ4n) is 4.69. The van der Waals surface area contributed by atoms with E-state index in [0.717, 1.165) is 5.69 Å². The number of carboxylic acid groups (broad SMARTS) is 1. The van der Waals surface area contributed by atoms with Crippen molar-refractivity contribution < 1.29 is 14.7 Å². The van der Waals surface area contributed by atoms with Crippen molar-refractivity contribution in [2.75, 3.05) is 13.1 Å². The first kappa shape index (κ1) is 27.3. The number of carbonyl (C=O) groups is 2. The molecular weight excluding hydrogens is 491 g/mol. The van der Waals surface area contributed by atoms with E-state index in [-0.39, 0.29) is 22.4 Å². The number of hydrogen-bond acceptors (Lipinski definition) is 4. The zero-order chi connectivity index (χ0) is 26.1. The number of nitrogens with zero attached hydrogens (tertiary/aromatic N) is 3. The molecular formula is C25H34Cl2N4O4. The summed E-state index contributed by atoms with van der Waals surface area (Å²) in [5.74, 6) is -0.908. The number of pyridine rings is 1. The van der Waals surface area contributed by atoms with Gasteiger partial charge in [0.1, 0.15) is 5.02 Å². The molecule has 0 spiro atoms. The van der Waals surface area contributed by atoms with E-state index in [1.54, 1.807) is 18.0 Å². The predicted octanol–water partition coefficient (Wildman–Crippen LogP) is 5.12. The third-order valence-corrected chi connectivity index (χ3v) is 7.60. The number of nitrogens with one attached hydrogen (secondary N) is 1. The lowest BCUT2D eigenvalue weighted by molar-refractivity contribution is -0.150. The number of aromatic nitrogens is 3. The lowest BCUT2D eigenvalue weighted by Crippen LogP contribution is -2.39. The minimum Gasteiger partial charge on any atom is -0.481 e. The highest BCUT2D eigenvalue weighted by Crippen LogP contribution is 2.41. The first-order chi connectivity index (χ1) is 16.2. The molecule has 1 aliphatic carbocycles. The summed E-state index contributed by atoms with van der Waals surface area (Å²) < 4.78 is 1.87. The monoisotopic (exact) mass is 524 g/mol. The zero-order valence-corrected chi connectivity index (χ0v) is 22.5. The maximum Gasteiger partial charge on any atom is 0.309 e. The molecule has 0 radical (unpaired) electrons. The SMILES string of the molecule is Cc1c(C(=O)N(CCc2c(Cl)c[nH]c(=O)c2Cl)CC(C)(C)C)cnn1[C@H]1CC[C@](C)(C(=O)O)CC1. The van der Waals surface area contributed by atoms with Gasteiger partial charge in [-0.25, -0.2) is 0 Å². The second-order valence-electron chi connectivity index (χ2n) is 11.0. The Morgan fingerprint density at radius 3 is 2.49 bits per heavy atom. The molecule has 0 aromatic carbocycles. The van der Waals surface area contributed by atoms with E-state index in [0.29, 0.717) is 61.3 Å². The number of H-pyrrole nitrogens is 1. The molecule has 0 saturated heterocycles. The highest BCUT2D eigenvalue weighted by atomic mass is 35.5. The normalized spacial score (nSPS) is 20.6. The van der Waals surface area contributed by atoms with Gasteiger partial charge in [0.05, 0.1) is 28.2 Å². The van der Waals surface area contributed by atoms with Crippen LogP contribution < -0.4 is 5.56 Å². The van der Waals surface area contributed by atoms with Crippen molar-refractivity contribution in [3.8, 4) is 0 Å². The topological polar surface area (TPSA) is 108 Å². The number of aliphatic carboxylic acids is 1. The summed E-state index contributed by atoms with van der Waals surface area (Å²) in [6.07, 6.45) is 5.90. The summed E-state index contributed by atoms with van der Waals surface area (Å²) in [5, 5.41) is 14.4. The van der Waals surface area contributed by atoms with Crippen molar-refractivity contribution in [3.63, 3.8) is 0 Å². The molecule has 192 valence electrons. The first-order valence-electron chi connectivity index (χ1n) is 11.9. The third-order valence-electron chi connectivity index (χ3n) is 6.86. The number of carbonyl (C=O) groups excluding carboxylic acids is 1. The van der Waals surface area contributed by atoms with Crippen LogP contribution in [-0.2, 0) is 11.2 Å². The summed E-state index contributed by atoms with van der Waals surface area (Å²) in [7, 11) is 0. The van der Waals surface area contributed by atoms with Gasteiger partial charge in [-0.2, -0.15) is 5.10 Å². The lowest BCUT2D eigenvalue weighted by Gasteiger charge is -2.34. The fourth-order valence-corrected chi connectivity index (χ4v) is 5.23. The Morgan fingerprint density at radius 1 is 1.29 bits per heavy atom. The zero-order valence-electron chi connectivity index (χ0n) is 21.0. The average molecular weight is 525 g/mol. The van der Waals surface area contributed by atoms with Crippen molar-refractivity contribution in [3.05, 3.63) is 49.6 Å². The first-order valence-corrected chi connectivity index (χ1v) is 12.6. The van der Waals surface area contributed by atoms with E-state index >= 15 is 0 Å². The molecule has 1 fully saturated rings. The third kappa shape index (κ3) is 6.09. The van der Waals surface area contributed by atoms with Crippen LogP contribution >= 0.6 is 23.2 Å². The van der Waals surface area contributed by atoms with Crippen molar-refractivity contribution in [2.45, 2.75) is 72.8 Å². The molecule has 10 heteroatoms. The summed E-state index contributed by atoms with van der Waals surface area (Å²) >= 11 is 12.4. The van der Waals surface area contributed by atoms with Gasteiger partial charge in [-0.15, -0.1) is 0 Å². The van der Waals surface area contributed by atoms with E-state index in [4.69, 9.17) is 23.2 Å². The largest absolute Gasteiger partial charge is 0.481 e. The van der Waals surface area contributed by atoms with Crippen LogP contribution in [0, 0.1) is 17.8 Å². The molecule has 0 atom stereocenters. The lowest BCUT2D eigenvalue weighted by atomic mass is 9.74. The smallest absolute Gasteiger partial charge is 0.309 e. The summed E-state index contributed by atoms with van der Waals surface area (Å²) in [6, 6.07) is 0.0636. The molecule has 35 heavy (non-hydrogen) atoms. The van der Waals surface area contributed by atoms with Crippen molar-refractivity contribution in [1.82, 2.24) is 19.7 Å². The molecule has 3 rings (SSSR count). The van der Waals surface area contributed by atoms with Crippen molar-refractivity contribution in [1.29, 1.82) is 0 Å². The maximum absolute atomic E-state index is 13.7. The fraction of sp³-hybridized carbons (Fsp3) is 0.600. The van der Waals surface area contributed by atoms with E-state index in [1.165, 1.54) is 6.20 Å². The van der Waals surface area contributed by atoms with Crippen LogP contribution in [0.2, 0.25) is 10.0 Å². The van der Waals surface area contributed by atoms with Gasteiger partial charge in [0.15, 0.2) is 0 Å². The van der Waals surface area contributed by atoms with Gasteiger partial charge in [-0.1, -0.05) is 44.0 Å². The molecule has 2 aromatic rings. The van der Waals surface area contributed by atoms with E-state index in [9.17, 15) is 19.5 Å². The Kier molecular flexibility index (Phi) is 8.06. The molecule has 1 saturated carbocycles. The Bertz CT molecular complexity index is 1160. The Labute approximate surface area is 215 Å². The van der Waals surface area contributed by atoms with Crippen LogP contribution in [0.1, 0.15) is 81.0 Å². The Hall–Kier alpha value is -2.32. The summed E-state index contributed by atoms with van der Waals surface area (Å²) in [5.41, 5.74) is 0.519. The molecule has 2 heterocycles. The van der Waals surface area contributed by atoms with E-state index in [2.05, 4.69) is 30.9 Å². The van der Waals surface area contributed by atoms with Crippen molar-refractivity contribution in [2.24, 2.45) is 10.8 Å². The molecule has 2 N–H and O–H groups in total. The standard InChI is InChI=1S/C25H34Cl2N4O4/c1-15-18(12-29-31(15)16-6-9-25(5,10-7-16)23(34)35)22(33)30(14-24(2,3)4)11-8-17-19(26)13-28-21(32)20(17)27/h12-13,16H,6-11,14H2,1-5H3,(H,28,32)(H,34,35)/t16-,25-. The van der Waals surface area contributed by atoms with Gasteiger partial charge < -0.3 is 15.0 Å². The number of carboxylic acids is 1. The Balaban J connectivity index is 1.81. The minimum absolute atomic E-state index is 0.0373. The molecule has 1 amide bonds. The van der Waals surface area contributed by atoms with Gasteiger partial charge in [0.2, 0.25) is 0 Å². The molecule has 1 aliphatic rings. The van der Waals surface area contributed by atoms with E-state index < -0.39 is 16.9 Å². The molecule has 0 aliphatic heterocycles. The number of amides is 1. The molecule has 0 unspecified atom stereocenters. The van der Waals surface area contributed by atoms with Gasteiger partial charge in [0, 0.05) is 25.0 Å². The van der Waals surface area contributed by atoms with Crippen LogP contribution in [0.5, 0.6) is 0 Å². The van der Waals surface area contributed by atoms with Gasteiger partial charge >= 0.3 is 5.97 Å². The van der Waals surface area contributed by atoms with E-state index in [1.807, 2.05) is 11.6 Å². The number of halogens is 2. The highest BCUT2D eigenvalue weighted by molar-refractivity contribution is 6.35. The summed E-state index contributed by atoms with van der Waals surface area (Å²) in [4.78, 5) is 41.4. The predicted molar refractivity (Wildman–Crippen MR) is 136 cm³/mol. The van der Waals surface area contributed by atoms with Crippen LogP contribution in [0.15, 0.2) is 17.2 Å². The van der Waals surface area contributed by atoms with Crippen molar-refractivity contribution >= 4 is 35.1 Å². The van der Waals surface area contributed by atoms with Gasteiger partial charge in [0.25, 0.3) is 11.5 Å². The minimum atomic E-state index is -0.762. The second kappa shape index (κ2) is 10.3. The van der Waals surface area contributed by atoms with Gasteiger partial charge in [-0.05, 0) is 56.9 Å². The summed E-state index contributed by atoms with van der Waals surface area (Å²) in [6.45, 7) is 10.7. The highest BCUT2D eigenvalue weighted by Gasteiger charge is 2.39. The molecule has 8 nitrogen and oxygen atoms in total. The quantitative estimate of drug-likeness (QED) is 0.522. The Morgan fingerprint density at radius 2 is 1.91 bits per heavy atom. The maximum atomic E-state index is 13.7. The number of aromatic amines is 1. The van der Waals surface area contributed by atoms with Gasteiger partial charge in [-0.3, -0.25) is 19.1 Å². The van der Waals surface area contributed by atoms with Crippen LogP contribution in [-0.4, -0.2) is 49.7 Å². The molecule has 2 aromatic heterocycles. The number of hydrogen-bond donors (Lipinski definition) is 2. The van der Waals surface area contributed by atoms with Crippen LogP contribution in [0.3, 0.4) is 0 Å². The van der Waals surface area contributed by atoms with Crippen LogP contribution in [0.25, 0.3) is 0 Å². The second-order valence-corrected chi connectivity index (χ2v) is 11.8. The number of rotatable bonds is 7. The molecule has 0 bridgehead atoms. The average Bonchev–Trinajstić information content (AvgIpc) is 3.16.